The van der Waals surface area contributed by atoms with Crippen molar-refractivity contribution in [2.24, 2.45) is 5.73 Å². The van der Waals surface area contributed by atoms with E-state index < -0.39 is 0 Å². The van der Waals surface area contributed by atoms with E-state index in [0.29, 0.717) is 15.6 Å². The third-order valence-electron chi connectivity index (χ3n) is 3.02. The monoisotopic (exact) mass is 293 g/mol. The van der Waals surface area contributed by atoms with Gasteiger partial charge in [0.15, 0.2) is 0 Å². The van der Waals surface area contributed by atoms with E-state index in [1.807, 2.05) is 22.9 Å². The van der Waals surface area contributed by atoms with Crippen LogP contribution in [-0.4, -0.2) is 14.8 Å². The second-order valence-electron chi connectivity index (χ2n) is 4.27. The highest BCUT2D eigenvalue weighted by Gasteiger charge is 2.10. The molecule has 3 nitrogen and oxygen atoms in total. The molecule has 1 aromatic carbocycles. The third kappa shape index (κ3) is 2.80. The summed E-state index contributed by atoms with van der Waals surface area (Å²) in [6.07, 6.45) is 1.83. The number of aryl methyl sites for hydroxylation is 2. The average Bonchev–Trinajstić information content (AvgIpc) is 2.81. The Morgan fingerprint density at radius 2 is 2.05 bits per heavy atom. The van der Waals surface area contributed by atoms with Crippen molar-refractivity contribution in [2.75, 3.05) is 0 Å². The van der Waals surface area contributed by atoms with Gasteiger partial charge < -0.3 is 5.73 Å². The quantitative estimate of drug-likeness (QED) is 0.880. The van der Waals surface area contributed by atoms with Crippen LogP contribution >= 0.6 is 23.8 Å². The molecular weight excluding hydrogens is 278 g/mol. The first-order valence-corrected chi connectivity index (χ1v) is 7.03. The molecule has 2 aromatic rings. The lowest BCUT2D eigenvalue weighted by atomic mass is 10.2. The van der Waals surface area contributed by atoms with Crippen LogP contribution in [0.25, 0.3) is 5.69 Å². The summed E-state index contributed by atoms with van der Waals surface area (Å²) in [6.45, 7) is 4.20. The highest BCUT2D eigenvalue weighted by atomic mass is 35.5. The molecule has 100 valence electrons. The molecular formula is C14H16ClN3S. The van der Waals surface area contributed by atoms with Crippen molar-refractivity contribution < 1.29 is 0 Å². The lowest BCUT2D eigenvalue weighted by molar-refractivity contribution is 0.794. The van der Waals surface area contributed by atoms with Gasteiger partial charge in [-0.2, -0.15) is 5.10 Å². The summed E-state index contributed by atoms with van der Waals surface area (Å²) in [7, 11) is 0. The summed E-state index contributed by atoms with van der Waals surface area (Å²) >= 11 is 11.2. The van der Waals surface area contributed by atoms with E-state index in [0.717, 1.165) is 29.9 Å². The van der Waals surface area contributed by atoms with Crippen molar-refractivity contribution in [3.8, 4) is 5.69 Å². The lowest BCUT2D eigenvalue weighted by Crippen LogP contribution is -2.10. The number of nitrogens with two attached hydrogens (primary N) is 1. The van der Waals surface area contributed by atoms with Crippen LogP contribution in [0.2, 0.25) is 5.02 Å². The highest BCUT2D eigenvalue weighted by Crippen LogP contribution is 2.22. The first-order valence-electron chi connectivity index (χ1n) is 6.24. The highest BCUT2D eigenvalue weighted by molar-refractivity contribution is 7.80. The van der Waals surface area contributed by atoms with Gasteiger partial charge >= 0.3 is 0 Å². The zero-order valence-corrected chi connectivity index (χ0v) is 12.6. The van der Waals surface area contributed by atoms with Crippen LogP contribution in [0, 0.1) is 0 Å². The van der Waals surface area contributed by atoms with E-state index in [4.69, 9.17) is 29.6 Å². The first-order chi connectivity index (χ1) is 9.06. The Hall–Kier alpha value is -1.39. The van der Waals surface area contributed by atoms with Gasteiger partial charge in [-0.1, -0.05) is 37.7 Å². The fourth-order valence-corrected chi connectivity index (χ4v) is 2.47. The van der Waals surface area contributed by atoms with Crippen molar-refractivity contribution >= 4 is 28.8 Å². The van der Waals surface area contributed by atoms with Gasteiger partial charge in [0.1, 0.15) is 4.99 Å². The molecule has 0 atom stereocenters. The molecule has 5 heteroatoms. The Morgan fingerprint density at radius 1 is 1.32 bits per heavy atom. The molecule has 0 spiro atoms. The fraction of sp³-hybridized carbons (Fsp3) is 0.286. The molecule has 2 rings (SSSR count). The number of benzene rings is 1. The summed E-state index contributed by atoms with van der Waals surface area (Å²) < 4.78 is 1.92. The van der Waals surface area contributed by atoms with E-state index in [1.54, 1.807) is 0 Å². The van der Waals surface area contributed by atoms with Crippen molar-refractivity contribution in [2.45, 2.75) is 26.7 Å². The Balaban J connectivity index is 2.50. The second kappa shape index (κ2) is 5.72. The number of hydrogen-bond donors (Lipinski definition) is 1. The Bertz CT molecular complexity index is 619. The summed E-state index contributed by atoms with van der Waals surface area (Å²) in [4.78, 5) is 0.307. The summed E-state index contributed by atoms with van der Waals surface area (Å²) in [5, 5.41) is 5.14. The second-order valence-corrected chi connectivity index (χ2v) is 5.12. The fourth-order valence-electron chi connectivity index (χ4n) is 1.96. The van der Waals surface area contributed by atoms with Gasteiger partial charge in [0.2, 0.25) is 0 Å². The molecule has 1 aromatic heterocycles. The smallest absolute Gasteiger partial charge is 0.105 e. The molecule has 0 amide bonds. The number of rotatable bonds is 4. The molecule has 0 saturated carbocycles. The van der Waals surface area contributed by atoms with Crippen LogP contribution in [-0.2, 0) is 12.8 Å². The van der Waals surface area contributed by atoms with Crippen LogP contribution in [0.4, 0.5) is 0 Å². The number of nitrogens with zero attached hydrogens (tertiary/aromatic N) is 2. The normalized spacial score (nSPS) is 10.7. The maximum absolute atomic E-state index is 6.20. The average molecular weight is 294 g/mol. The molecule has 0 unspecified atom stereocenters. The van der Waals surface area contributed by atoms with Crippen LogP contribution in [0.5, 0.6) is 0 Å². The van der Waals surface area contributed by atoms with Gasteiger partial charge in [0.05, 0.1) is 16.4 Å². The van der Waals surface area contributed by atoms with E-state index in [-0.39, 0.29) is 0 Å². The van der Waals surface area contributed by atoms with E-state index in [1.165, 1.54) is 0 Å². The van der Waals surface area contributed by atoms with E-state index >= 15 is 0 Å². The third-order valence-corrected chi connectivity index (χ3v) is 3.55. The zero-order chi connectivity index (χ0) is 14.0. The largest absolute Gasteiger partial charge is 0.389 e. The molecule has 0 aliphatic carbocycles. The van der Waals surface area contributed by atoms with Crippen molar-refractivity contribution in [1.82, 2.24) is 9.78 Å². The van der Waals surface area contributed by atoms with Gasteiger partial charge in [0.25, 0.3) is 0 Å². The molecule has 0 aliphatic rings. The molecule has 0 fully saturated rings. The number of hydrogen-bond acceptors (Lipinski definition) is 2. The minimum absolute atomic E-state index is 0.307. The van der Waals surface area contributed by atoms with Gasteiger partial charge in [-0.25, -0.2) is 4.68 Å². The van der Waals surface area contributed by atoms with Crippen molar-refractivity contribution in [3.05, 3.63) is 46.2 Å². The minimum Gasteiger partial charge on any atom is -0.389 e. The SMILES string of the molecule is CCc1cc(CC)n(-c2ccc(C(N)=S)c(Cl)c2)n1. The Kier molecular flexibility index (Phi) is 4.22. The molecule has 2 N–H and O–H groups in total. The van der Waals surface area contributed by atoms with E-state index in [2.05, 4.69) is 25.0 Å². The zero-order valence-electron chi connectivity index (χ0n) is 11.0. The maximum atomic E-state index is 6.20. The molecule has 19 heavy (non-hydrogen) atoms. The number of thiocarbonyl (C=S) groups is 1. The van der Waals surface area contributed by atoms with Crippen LogP contribution < -0.4 is 5.73 Å². The van der Waals surface area contributed by atoms with Crippen molar-refractivity contribution in [1.29, 1.82) is 0 Å². The summed E-state index contributed by atoms with van der Waals surface area (Å²) in [6, 6.07) is 7.75. The predicted octanol–water partition coefficient (Wildman–Crippen LogP) is 3.28. The molecule has 0 aliphatic heterocycles. The van der Waals surface area contributed by atoms with Gasteiger partial charge in [0, 0.05) is 11.3 Å². The first kappa shape index (κ1) is 14.0. The molecule has 0 bridgehead atoms. The summed E-state index contributed by atoms with van der Waals surface area (Å²) in [5.41, 5.74) is 9.48. The molecule has 0 saturated heterocycles. The number of halogens is 1. The van der Waals surface area contributed by atoms with Crippen molar-refractivity contribution in [3.63, 3.8) is 0 Å². The van der Waals surface area contributed by atoms with Crippen LogP contribution in [0.3, 0.4) is 0 Å². The topological polar surface area (TPSA) is 43.8 Å². The predicted molar refractivity (Wildman–Crippen MR) is 83.2 cm³/mol. The maximum Gasteiger partial charge on any atom is 0.105 e. The molecule has 1 heterocycles. The van der Waals surface area contributed by atoms with Gasteiger partial charge in [-0.15, -0.1) is 0 Å². The van der Waals surface area contributed by atoms with Gasteiger partial charge in [-0.05, 0) is 37.1 Å². The standard InChI is InChI=1S/C14H16ClN3S/c1-3-9-7-10(4-2)18(17-9)11-5-6-12(14(16)19)13(15)8-11/h5-8H,3-4H2,1-2H3,(H2,16,19). The number of aromatic nitrogens is 2. The van der Waals surface area contributed by atoms with Crippen LogP contribution in [0.1, 0.15) is 30.8 Å². The van der Waals surface area contributed by atoms with E-state index in [9.17, 15) is 0 Å². The van der Waals surface area contributed by atoms with Crippen LogP contribution in [0.15, 0.2) is 24.3 Å². The summed E-state index contributed by atoms with van der Waals surface area (Å²) in [5.74, 6) is 0. The lowest BCUT2D eigenvalue weighted by Gasteiger charge is -2.08. The minimum atomic E-state index is 0.307. The Morgan fingerprint density at radius 3 is 2.58 bits per heavy atom. The van der Waals surface area contributed by atoms with Gasteiger partial charge in [-0.3, -0.25) is 0 Å². The molecule has 0 radical (unpaired) electrons. The Labute approximate surface area is 123 Å².